The molecule has 4 aromatic rings. The predicted octanol–water partition coefficient (Wildman–Crippen LogP) is 4.94. The minimum atomic E-state index is -0.561. The van der Waals surface area contributed by atoms with Crippen LogP contribution in [0.25, 0.3) is 11.4 Å². The standard InChI is InChI=1S/C27H27N3O4/c1-17-15-24(19(3)29(17)21-11-13-23(33-5)14-12-21)25(31)16-34-27(32)26-18(2)28-30(20(26)4)22-9-7-6-8-10-22/h6-15H,16H2,1-5H3. The van der Waals surface area contributed by atoms with Crippen LogP contribution >= 0.6 is 0 Å². The SMILES string of the molecule is COc1ccc(-n2c(C)cc(C(=O)COC(=O)c3c(C)nn(-c4ccccc4)c3C)c2C)cc1. The number of carbonyl (C=O) groups is 2. The second kappa shape index (κ2) is 9.39. The van der Waals surface area contributed by atoms with E-state index in [9.17, 15) is 9.59 Å². The lowest BCUT2D eigenvalue weighted by Crippen LogP contribution is -2.16. The maximum absolute atomic E-state index is 13.0. The van der Waals surface area contributed by atoms with Crippen LogP contribution in [0.15, 0.2) is 60.7 Å². The van der Waals surface area contributed by atoms with Crippen LogP contribution in [0.3, 0.4) is 0 Å². The minimum Gasteiger partial charge on any atom is -0.497 e. The van der Waals surface area contributed by atoms with E-state index in [4.69, 9.17) is 9.47 Å². The Hall–Kier alpha value is -4.13. The Morgan fingerprint density at radius 1 is 0.882 bits per heavy atom. The molecule has 2 aromatic heterocycles. The Kier molecular flexibility index (Phi) is 6.36. The predicted molar refractivity (Wildman–Crippen MR) is 129 cm³/mol. The van der Waals surface area contributed by atoms with E-state index in [-0.39, 0.29) is 12.4 Å². The molecule has 4 rings (SSSR count). The largest absolute Gasteiger partial charge is 0.497 e. The lowest BCUT2D eigenvalue weighted by atomic mass is 10.1. The smallest absolute Gasteiger partial charge is 0.342 e. The van der Waals surface area contributed by atoms with Gasteiger partial charge in [-0.05, 0) is 70.2 Å². The third-order valence-electron chi connectivity index (χ3n) is 5.89. The summed E-state index contributed by atoms with van der Waals surface area (Å²) >= 11 is 0. The highest BCUT2D eigenvalue weighted by Crippen LogP contribution is 2.24. The number of ether oxygens (including phenoxy) is 2. The second-order valence-corrected chi connectivity index (χ2v) is 8.11. The van der Waals surface area contributed by atoms with Gasteiger partial charge in [-0.1, -0.05) is 18.2 Å². The first-order chi connectivity index (χ1) is 16.3. The normalized spacial score (nSPS) is 10.9. The van der Waals surface area contributed by atoms with Crippen molar-refractivity contribution in [1.29, 1.82) is 0 Å². The molecule has 7 heteroatoms. The van der Waals surface area contributed by atoms with Gasteiger partial charge in [-0.3, -0.25) is 4.79 Å². The van der Waals surface area contributed by atoms with Gasteiger partial charge in [0.25, 0.3) is 0 Å². The van der Waals surface area contributed by atoms with Crippen molar-refractivity contribution in [2.24, 2.45) is 0 Å². The summed E-state index contributed by atoms with van der Waals surface area (Å²) in [7, 11) is 1.62. The Balaban J connectivity index is 1.51. The van der Waals surface area contributed by atoms with Crippen molar-refractivity contribution in [3.8, 4) is 17.1 Å². The molecule has 7 nitrogen and oxygen atoms in total. The Bertz CT molecular complexity index is 1350. The first-order valence-electron chi connectivity index (χ1n) is 11.0. The van der Waals surface area contributed by atoms with E-state index in [1.165, 1.54) is 0 Å². The number of Topliss-reactive ketones (excluding diaryl/α,β-unsaturated/α-hetero) is 1. The number of ketones is 1. The number of aryl methyl sites for hydroxylation is 2. The third-order valence-corrected chi connectivity index (χ3v) is 5.89. The van der Waals surface area contributed by atoms with Crippen molar-refractivity contribution in [3.05, 3.63) is 94.6 Å². The molecule has 2 aromatic carbocycles. The number of aromatic nitrogens is 3. The molecule has 0 radical (unpaired) electrons. The van der Waals surface area contributed by atoms with Crippen LogP contribution in [-0.2, 0) is 4.74 Å². The first-order valence-corrected chi connectivity index (χ1v) is 11.0. The van der Waals surface area contributed by atoms with Crippen LogP contribution in [0, 0.1) is 27.7 Å². The molecule has 0 saturated heterocycles. The van der Waals surface area contributed by atoms with Crippen LogP contribution in [0.4, 0.5) is 0 Å². The Labute approximate surface area is 198 Å². The van der Waals surface area contributed by atoms with Crippen LogP contribution in [0.5, 0.6) is 5.75 Å². The number of carbonyl (C=O) groups excluding carboxylic acids is 2. The van der Waals surface area contributed by atoms with Crippen molar-refractivity contribution in [1.82, 2.24) is 14.3 Å². The maximum Gasteiger partial charge on any atom is 0.342 e. The average molecular weight is 458 g/mol. The van der Waals surface area contributed by atoms with Crippen LogP contribution < -0.4 is 4.74 Å². The number of methoxy groups -OCH3 is 1. The van der Waals surface area contributed by atoms with Crippen LogP contribution in [0.1, 0.15) is 43.5 Å². The average Bonchev–Trinajstić information content (AvgIpc) is 3.32. The van der Waals surface area contributed by atoms with E-state index < -0.39 is 5.97 Å². The molecule has 0 aliphatic heterocycles. The van der Waals surface area contributed by atoms with Crippen molar-refractivity contribution in [2.45, 2.75) is 27.7 Å². The number of esters is 1. The van der Waals surface area contributed by atoms with E-state index in [0.29, 0.717) is 22.5 Å². The number of rotatable bonds is 7. The molecule has 0 bridgehead atoms. The lowest BCUT2D eigenvalue weighted by molar-refractivity contribution is 0.0473. The van der Waals surface area contributed by atoms with Gasteiger partial charge in [0.1, 0.15) is 11.3 Å². The lowest BCUT2D eigenvalue weighted by Gasteiger charge is -2.11. The number of para-hydroxylation sites is 1. The summed E-state index contributed by atoms with van der Waals surface area (Å²) in [6, 6.07) is 19.0. The summed E-state index contributed by atoms with van der Waals surface area (Å²) in [5.74, 6) is -0.0583. The third kappa shape index (κ3) is 4.24. The Morgan fingerprint density at radius 2 is 1.56 bits per heavy atom. The molecule has 0 fully saturated rings. The van der Waals surface area contributed by atoms with Crippen LogP contribution in [0.2, 0.25) is 0 Å². The molecule has 0 unspecified atom stereocenters. The van der Waals surface area contributed by atoms with Gasteiger partial charge in [0.05, 0.1) is 24.2 Å². The van der Waals surface area contributed by atoms with E-state index in [1.807, 2.05) is 86.0 Å². The molecular weight excluding hydrogens is 430 g/mol. The monoisotopic (exact) mass is 457 g/mol. The summed E-state index contributed by atoms with van der Waals surface area (Å²) in [6.07, 6.45) is 0. The molecule has 0 aliphatic carbocycles. The van der Waals surface area contributed by atoms with Crippen molar-refractivity contribution >= 4 is 11.8 Å². The Morgan fingerprint density at radius 3 is 2.21 bits per heavy atom. The quantitative estimate of drug-likeness (QED) is 0.290. The molecule has 0 amide bonds. The highest BCUT2D eigenvalue weighted by Gasteiger charge is 2.23. The number of nitrogens with zero attached hydrogens (tertiary/aromatic N) is 3. The fourth-order valence-corrected chi connectivity index (χ4v) is 4.21. The van der Waals surface area contributed by atoms with Crippen LogP contribution in [-0.4, -0.2) is 39.8 Å². The summed E-state index contributed by atoms with van der Waals surface area (Å²) in [4.78, 5) is 25.8. The number of hydrogen-bond acceptors (Lipinski definition) is 5. The fraction of sp³-hybridized carbons (Fsp3) is 0.222. The first kappa shape index (κ1) is 23.0. The molecule has 0 saturated carbocycles. The van der Waals surface area contributed by atoms with Gasteiger partial charge in [-0.15, -0.1) is 0 Å². The highest BCUT2D eigenvalue weighted by molar-refractivity contribution is 6.01. The molecule has 0 spiro atoms. The van der Waals surface area contributed by atoms with Gasteiger partial charge in [-0.25, -0.2) is 9.48 Å². The van der Waals surface area contributed by atoms with Gasteiger partial charge in [-0.2, -0.15) is 5.10 Å². The molecule has 34 heavy (non-hydrogen) atoms. The van der Waals surface area contributed by atoms with E-state index in [2.05, 4.69) is 5.10 Å². The molecule has 0 N–H and O–H groups in total. The van der Waals surface area contributed by atoms with Crippen molar-refractivity contribution in [3.63, 3.8) is 0 Å². The second-order valence-electron chi connectivity index (χ2n) is 8.11. The summed E-state index contributed by atoms with van der Waals surface area (Å²) in [5, 5.41) is 4.48. The topological polar surface area (TPSA) is 75.3 Å². The molecule has 2 heterocycles. The molecule has 0 atom stereocenters. The van der Waals surface area contributed by atoms with Crippen molar-refractivity contribution < 1.29 is 19.1 Å². The van der Waals surface area contributed by atoms with E-state index >= 15 is 0 Å². The maximum atomic E-state index is 13.0. The van der Waals surface area contributed by atoms with Gasteiger partial charge in [0.2, 0.25) is 5.78 Å². The fourth-order valence-electron chi connectivity index (χ4n) is 4.21. The summed E-state index contributed by atoms with van der Waals surface area (Å²) in [5.41, 5.74) is 5.59. The van der Waals surface area contributed by atoms with Gasteiger partial charge in [0, 0.05) is 22.6 Å². The highest BCUT2D eigenvalue weighted by atomic mass is 16.5. The zero-order chi connectivity index (χ0) is 24.4. The van der Waals surface area contributed by atoms with Gasteiger partial charge >= 0.3 is 5.97 Å². The molecule has 174 valence electrons. The van der Waals surface area contributed by atoms with E-state index in [1.54, 1.807) is 18.7 Å². The zero-order valence-corrected chi connectivity index (χ0v) is 20.0. The van der Waals surface area contributed by atoms with Crippen molar-refractivity contribution in [2.75, 3.05) is 13.7 Å². The van der Waals surface area contributed by atoms with E-state index in [0.717, 1.165) is 28.5 Å². The minimum absolute atomic E-state index is 0.257. The molecule has 0 aliphatic rings. The summed E-state index contributed by atoms with van der Waals surface area (Å²) in [6.45, 7) is 7.04. The number of hydrogen-bond donors (Lipinski definition) is 0. The molecular formula is C27H27N3O4. The summed E-state index contributed by atoms with van der Waals surface area (Å²) < 4.78 is 14.4. The zero-order valence-electron chi connectivity index (χ0n) is 20.0. The van der Waals surface area contributed by atoms with Gasteiger partial charge < -0.3 is 14.0 Å². The number of benzene rings is 2. The van der Waals surface area contributed by atoms with Gasteiger partial charge in [0.15, 0.2) is 6.61 Å².